The Labute approximate surface area is 294 Å². The molecule has 0 aromatic heterocycles. The van der Waals surface area contributed by atoms with Crippen LogP contribution in [0.5, 0.6) is 0 Å². The number of rotatable bonds is 10. The van der Waals surface area contributed by atoms with E-state index in [1.165, 1.54) is 14.1 Å². The van der Waals surface area contributed by atoms with Crippen LogP contribution in [0.1, 0.15) is 51.5 Å². The Bertz CT molecular complexity index is 1470. The van der Waals surface area contributed by atoms with Gasteiger partial charge in [0.25, 0.3) is 0 Å². The van der Waals surface area contributed by atoms with Gasteiger partial charge in [-0.05, 0) is 30.7 Å². The van der Waals surface area contributed by atoms with E-state index in [0.29, 0.717) is 5.56 Å². The maximum atomic E-state index is 14.1. The Morgan fingerprint density at radius 2 is 1.59 bits per heavy atom. The van der Waals surface area contributed by atoms with Gasteiger partial charge >= 0.3 is 18.0 Å². The van der Waals surface area contributed by atoms with Crippen LogP contribution in [0.4, 0.5) is 4.79 Å². The van der Waals surface area contributed by atoms with Crippen LogP contribution in [0, 0.1) is 5.92 Å². The van der Waals surface area contributed by atoms with Crippen LogP contribution in [0.2, 0.25) is 0 Å². The quantitative estimate of drug-likeness (QED) is 0.0626. The van der Waals surface area contributed by atoms with E-state index in [4.69, 9.17) is 5.73 Å². The number of guanidine groups is 1. The predicted molar refractivity (Wildman–Crippen MR) is 178 cm³/mol. The van der Waals surface area contributed by atoms with Gasteiger partial charge in [0.1, 0.15) is 24.2 Å². The summed E-state index contributed by atoms with van der Waals surface area (Å²) in [5.41, 5.74) is 6.36. The zero-order valence-corrected chi connectivity index (χ0v) is 28.9. The summed E-state index contributed by atoms with van der Waals surface area (Å²) in [6.45, 7) is 3.68. The number of hydrogen-bond donors (Lipinski definition) is 9. The molecule has 5 atom stereocenters. The maximum absolute atomic E-state index is 14.1. The maximum Gasteiger partial charge on any atom is 0.379 e. The Morgan fingerprint density at radius 1 is 0.961 bits per heavy atom. The number of urea groups is 1. The minimum atomic E-state index is -1.94. The number of nitrogens with one attached hydrogen (secondary N) is 7. The fourth-order valence-corrected chi connectivity index (χ4v) is 5.17. The van der Waals surface area contributed by atoms with Gasteiger partial charge in [-0.1, -0.05) is 44.2 Å². The van der Waals surface area contributed by atoms with Gasteiger partial charge in [-0.3, -0.25) is 34.7 Å². The van der Waals surface area contributed by atoms with Gasteiger partial charge in [-0.15, -0.1) is 0 Å². The van der Waals surface area contributed by atoms with Crippen LogP contribution in [0.25, 0.3) is 0 Å². The van der Waals surface area contributed by atoms with Gasteiger partial charge < -0.3 is 46.5 Å². The molecule has 1 aliphatic heterocycles. The van der Waals surface area contributed by atoms with E-state index < -0.39 is 90.6 Å². The van der Waals surface area contributed by atoms with Gasteiger partial charge in [0.2, 0.25) is 29.5 Å². The van der Waals surface area contributed by atoms with Crippen LogP contribution >= 0.6 is 0 Å². The van der Waals surface area contributed by atoms with Gasteiger partial charge in [0, 0.05) is 20.5 Å². The van der Waals surface area contributed by atoms with Crippen molar-refractivity contribution in [3.05, 3.63) is 35.9 Å². The Morgan fingerprint density at radius 3 is 2.18 bits per heavy atom. The van der Waals surface area contributed by atoms with Crippen LogP contribution in [-0.4, -0.2) is 114 Å². The van der Waals surface area contributed by atoms with Crippen LogP contribution in [0.15, 0.2) is 30.3 Å². The standard InChI is InChI=1S/C32H47N9O10/c1-17(2)13-20-26(44)38-19(11-8-12-35-31(33)40-32(51)34-3)28(46)41(4)23(14-18-9-6-5-7-10-18)27(45)39-22(30(49)50)16-25(43)37-21(29(47)48)15-24(42)36-20/h5-7,9-10,17,19-23H,8,11-16H2,1-4H3,(H,36,42)(H,37,43)(H,38,44)(H,39,45)(H,47,48)(H,49,50)(H4,33,34,35,40,51)/t19-,20+,21-,22-,23-/m0/s1. The number of carbonyl (C=O) groups excluding carboxylic acids is 7. The minimum Gasteiger partial charge on any atom is -0.548 e. The summed E-state index contributed by atoms with van der Waals surface area (Å²) >= 11 is 0. The molecule has 1 aliphatic rings. The van der Waals surface area contributed by atoms with Gasteiger partial charge in [0.15, 0.2) is 0 Å². The summed E-state index contributed by atoms with van der Waals surface area (Å²) in [4.78, 5) is 107. The molecule has 0 spiro atoms. The van der Waals surface area contributed by atoms with Crippen LogP contribution in [-0.2, 0) is 40.0 Å². The smallest absolute Gasteiger partial charge is 0.379 e. The fourth-order valence-electron chi connectivity index (χ4n) is 5.17. The first-order chi connectivity index (χ1) is 24.0. The molecule has 0 radical (unpaired) electrons. The molecule has 1 fully saturated rings. The zero-order valence-electron chi connectivity index (χ0n) is 28.9. The molecule has 0 saturated carbocycles. The normalized spacial score (nSPS) is 22.9. The van der Waals surface area contributed by atoms with E-state index in [0.717, 1.165) is 4.90 Å². The number of likely N-dealkylation sites (N-methyl/N-ethyl adjacent to an activating group) is 1. The minimum absolute atomic E-state index is 0.0294. The number of benzene rings is 1. The second-order valence-corrected chi connectivity index (χ2v) is 12.4. The topological polar surface area (TPSA) is 295 Å². The van der Waals surface area contributed by atoms with Crippen molar-refractivity contribution in [3.8, 4) is 0 Å². The number of nitrogens with two attached hydrogens (primary N) is 1. The average Bonchev–Trinajstić information content (AvgIpc) is 3.06. The molecule has 1 heterocycles. The third-order valence-electron chi connectivity index (χ3n) is 7.84. The molecule has 19 nitrogen and oxygen atoms in total. The van der Waals surface area contributed by atoms with Gasteiger partial charge in [-0.25, -0.2) is 9.59 Å². The van der Waals surface area contributed by atoms with Gasteiger partial charge in [0.05, 0.1) is 31.4 Å². The molecule has 2 rings (SSSR count). The summed E-state index contributed by atoms with van der Waals surface area (Å²) < 4.78 is 0. The van der Waals surface area contributed by atoms with Crippen LogP contribution in [0.3, 0.4) is 0 Å². The van der Waals surface area contributed by atoms with Crippen molar-refractivity contribution in [1.29, 1.82) is 0 Å². The first-order valence-electron chi connectivity index (χ1n) is 16.3. The molecule has 1 saturated heterocycles. The molecule has 0 bridgehead atoms. The van der Waals surface area contributed by atoms with E-state index in [1.807, 2.05) is 0 Å². The molecule has 7 amide bonds. The summed E-state index contributed by atoms with van der Waals surface area (Å²) in [6.07, 6.45) is -1.62. The van der Waals surface area contributed by atoms with E-state index >= 15 is 0 Å². The van der Waals surface area contributed by atoms with E-state index in [2.05, 4.69) is 36.9 Å². The lowest BCUT2D eigenvalue weighted by Crippen LogP contribution is -2.79. The molecule has 0 unspecified atom stereocenters. The predicted octanol–water partition coefficient (Wildman–Crippen LogP) is -5.23. The van der Waals surface area contributed by atoms with Crippen molar-refractivity contribution in [2.45, 2.75) is 82.6 Å². The number of carbonyl (C=O) groups is 8. The molecular formula is C32H47N9O10. The molecule has 0 aliphatic carbocycles. The van der Waals surface area contributed by atoms with Crippen molar-refractivity contribution >= 4 is 53.5 Å². The zero-order chi connectivity index (χ0) is 38.2. The summed E-state index contributed by atoms with van der Waals surface area (Å²) in [7, 11) is 2.69. The SMILES string of the molecule is CNC(=O)NC(N)=[NH+]CCC[C@@H]1NC(=O)[C@@H](CC(C)C)NC(=O)C[C@@H](C(=O)O)NC(=O)C[C@@H](C(=O)[O-])NC(=O)[C@H](Cc2ccccc2)N(C)C1=O. The second-order valence-electron chi connectivity index (χ2n) is 12.4. The third kappa shape index (κ3) is 13.9. The van der Waals surface area contributed by atoms with Crippen LogP contribution < -0.4 is 47.7 Å². The van der Waals surface area contributed by atoms with E-state index in [-0.39, 0.29) is 44.1 Å². The number of hydrogen-bond acceptors (Lipinski definition) is 9. The van der Waals surface area contributed by atoms with Crippen molar-refractivity contribution in [2.75, 3.05) is 20.6 Å². The number of carboxylic acid groups (broad SMARTS) is 2. The van der Waals surface area contributed by atoms with E-state index in [9.17, 15) is 48.6 Å². The largest absolute Gasteiger partial charge is 0.548 e. The summed E-state index contributed by atoms with van der Waals surface area (Å²) in [6, 6.07) is 0.268. The Kier molecular flexibility index (Phi) is 16.3. The highest BCUT2D eigenvalue weighted by Crippen LogP contribution is 2.14. The Hall–Kier alpha value is -5.75. The number of nitrogens with zero attached hydrogens (tertiary/aromatic N) is 1. The lowest BCUT2D eigenvalue weighted by molar-refractivity contribution is -0.460. The number of carboxylic acids is 2. The van der Waals surface area contributed by atoms with E-state index in [1.54, 1.807) is 44.2 Å². The van der Waals surface area contributed by atoms with Gasteiger partial charge in [-0.2, -0.15) is 5.32 Å². The second kappa shape index (κ2) is 20.1. The molecule has 10 N–H and O–H groups in total. The summed E-state index contributed by atoms with van der Waals surface area (Å²) in [5.74, 6) is -8.22. The molecule has 19 heteroatoms. The van der Waals surface area contributed by atoms with Crippen molar-refractivity contribution in [1.82, 2.24) is 36.8 Å². The fraction of sp³-hybridized carbons (Fsp3) is 0.531. The van der Waals surface area contributed by atoms with Crippen molar-refractivity contribution in [2.24, 2.45) is 11.7 Å². The third-order valence-corrected chi connectivity index (χ3v) is 7.84. The highest BCUT2D eigenvalue weighted by Gasteiger charge is 2.36. The highest BCUT2D eigenvalue weighted by atomic mass is 16.4. The first-order valence-corrected chi connectivity index (χ1v) is 16.3. The average molecular weight is 718 g/mol. The van der Waals surface area contributed by atoms with Crippen molar-refractivity contribution in [3.63, 3.8) is 0 Å². The first kappa shape index (κ1) is 41.4. The van der Waals surface area contributed by atoms with Crippen molar-refractivity contribution < 1.29 is 53.6 Å². The lowest BCUT2D eigenvalue weighted by atomic mass is 10.00. The Balaban J connectivity index is 2.59. The monoisotopic (exact) mass is 717 g/mol. The number of amides is 7. The highest BCUT2D eigenvalue weighted by molar-refractivity contribution is 5.97. The lowest BCUT2D eigenvalue weighted by Gasteiger charge is -2.33. The molecule has 1 aromatic carbocycles. The molecular weight excluding hydrogens is 670 g/mol. The number of aliphatic carboxylic acids is 2. The molecule has 280 valence electrons. The molecule has 51 heavy (non-hydrogen) atoms. The molecule has 1 aromatic rings. The summed E-state index contributed by atoms with van der Waals surface area (Å²) in [5, 5.41) is 35.8.